The number of nitrogens with zero attached hydrogens (tertiary/aromatic N) is 1. The van der Waals surface area contributed by atoms with E-state index in [4.69, 9.17) is 4.74 Å². The molecule has 2 aliphatic rings. The fourth-order valence-electron chi connectivity index (χ4n) is 2.87. The second-order valence-corrected chi connectivity index (χ2v) is 7.06. The maximum atomic E-state index is 12.4. The van der Waals surface area contributed by atoms with Gasteiger partial charge in [0.25, 0.3) is 0 Å². The fourth-order valence-corrected chi connectivity index (χ4v) is 2.87. The molecule has 21 heavy (non-hydrogen) atoms. The van der Waals surface area contributed by atoms with Gasteiger partial charge in [0.15, 0.2) is 0 Å². The lowest BCUT2D eigenvalue weighted by Gasteiger charge is -2.34. The highest BCUT2D eigenvalue weighted by molar-refractivity contribution is 5.80. The van der Waals surface area contributed by atoms with E-state index >= 15 is 0 Å². The number of esters is 1. The summed E-state index contributed by atoms with van der Waals surface area (Å²) < 4.78 is 5.32. The van der Waals surface area contributed by atoms with Crippen LogP contribution in [0.5, 0.6) is 0 Å². The van der Waals surface area contributed by atoms with Gasteiger partial charge in [-0.25, -0.2) is 0 Å². The number of nitrogens with one attached hydrogen (secondary N) is 1. The molecule has 0 radical (unpaired) electrons. The van der Waals surface area contributed by atoms with Crippen molar-refractivity contribution in [2.45, 2.75) is 58.4 Å². The first kappa shape index (κ1) is 16.8. The molecule has 122 valence electrons. The van der Waals surface area contributed by atoms with Crippen LogP contribution in [-0.4, -0.2) is 49.2 Å². The number of rotatable bonds is 11. The standard InChI is InChI=1S/C17H32N2O2/c1-4-10-18-17(3,16(20)21-5-2)13-19(11-14-6-7-14)12-15-8-9-15/h14-15,18H,4-13H2,1-3H3. The highest BCUT2D eigenvalue weighted by atomic mass is 16.5. The molecule has 1 N–H and O–H groups in total. The van der Waals surface area contributed by atoms with E-state index in [0.29, 0.717) is 6.61 Å². The van der Waals surface area contributed by atoms with Crippen molar-refractivity contribution >= 4 is 5.97 Å². The summed E-state index contributed by atoms with van der Waals surface area (Å²) in [6.07, 6.45) is 6.47. The van der Waals surface area contributed by atoms with Gasteiger partial charge in [-0.05, 0) is 64.3 Å². The van der Waals surface area contributed by atoms with Gasteiger partial charge in [0.05, 0.1) is 6.61 Å². The minimum Gasteiger partial charge on any atom is -0.465 e. The summed E-state index contributed by atoms with van der Waals surface area (Å²) in [5, 5.41) is 3.43. The lowest BCUT2D eigenvalue weighted by Crippen LogP contribution is -2.58. The van der Waals surface area contributed by atoms with Crippen molar-refractivity contribution in [1.82, 2.24) is 10.2 Å². The summed E-state index contributed by atoms with van der Waals surface area (Å²) in [4.78, 5) is 14.9. The van der Waals surface area contributed by atoms with Crippen LogP contribution in [0.15, 0.2) is 0 Å². The third-order valence-electron chi connectivity index (χ3n) is 4.46. The number of carbonyl (C=O) groups is 1. The Labute approximate surface area is 129 Å². The van der Waals surface area contributed by atoms with Crippen LogP contribution >= 0.6 is 0 Å². The molecule has 4 heteroatoms. The van der Waals surface area contributed by atoms with Gasteiger partial charge in [-0.1, -0.05) is 6.92 Å². The lowest BCUT2D eigenvalue weighted by atomic mass is 10.0. The van der Waals surface area contributed by atoms with Gasteiger partial charge in [0.1, 0.15) is 5.54 Å². The first-order valence-corrected chi connectivity index (χ1v) is 8.72. The second-order valence-electron chi connectivity index (χ2n) is 7.06. The Morgan fingerprint density at radius 3 is 2.19 bits per heavy atom. The molecule has 1 atom stereocenters. The van der Waals surface area contributed by atoms with Crippen molar-refractivity contribution in [2.75, 3.05) is 32.8 Å². The highest BCUT2D eigenvalue weighted by Crippen LogP contribution is 2.34. The van der Waals surface area contributed by atoms with Crippen LogP contribution in [0.4, 0.5) is 0 Å². The molecule has 0 heterocycles. The van der Waals surface area contributed by atoms with Gasteiger partial charge >= 0.3 is 5.97 Å². The van der Waals surface area contributed by atoms with Crippen molar-refractivity contribution in [2.24, 2.45) is 11.8 Å². The van der Waals surface area contributed by atoms with E-state index < -0.39 is 5.54 Å². The largest absolute Gasteiger partial charge is 0.465 e. The molecular formula is C17H32N2O2. The first-order valence-electron chi connectivity index (χ1n) is 8.72. The van der Waals surface area contributed by atoms with Gasteiger partial charge in [0, 0.05) is 19.6 Å². The summed E-state index contributed by atoms with van der Waals surface area (Å²) in [7, 11) is 0. The molecule has 1 unspecified atom stereocenters. The van der Waals surface area contributed by atoms with Gasteiger partial charge in [-0.2, -0.15) is 0 Å². The van der Waals surface area contributed by atoms with E-state index in [9.17, 15) is 4.79 Å². The average Bonchev–Trinajstić information content (AvgIpc) is 3.33. The van der Waals surface area contributed by atoms with Crippen molar-refractivity contribution in [1.29, 1.82) is 0 Å². The van der Waals surface area contributed by atoms with Crippen LogP contribution in [0.2, 0.25) is 0 Å². The average molecular weight is 296 g/mol. The Bertz CT molecular complexity index is 326. The van der Waals surface area contributed by atoms with E-state index in [0.717, 1.165) is 44.4 Å². The van der Waals surface area contributed by atoms with Crippen LogP contribution < -0.4 is 5.32 Å². The van der Waals surface area contributed by atoms with Crippen molar-refractivity contribution in [3.05, 3.63) is 0 Å². The molecule has 2 fully saturated rings. The monoisotopic (exact) mass is 296 g/mol. The van der Waals surface area contributed by atoms with Crippen LogP contribution in [-0.2, 0) is 9.53 Å². The van der Waals surface area contributed by atoms with E-state index in [2.05, 4.69) is 17.1 Å². The summed E-state index contributed by atoms with van der Waals surface area (Å²) >= 11 is 0. The predicted octanol–water partition coefficient (Wildman–Crippen LogP) is 2.43. The SMILES string of the molecule is CCCNC(C)(CN(CC1CC1)CC1CC1)C(=O)OCC. The van der Waals surface area contributed by atoms with Crippen LogP contribution in [0.3, 0.4) is 0 Å². The van der Waals surface area contributed by atoms with Gasteiger partial charge in [-0.3, -0.25) is 4.79 Å². The fraction of sp³-hybridized carbons (Fsp3) is 0.941. The van der Waals surface area contributed by atoms with E-state index in [1.165, 1.54) is 25.7 Å². The Kier molecular flexibility index (Phi) is 6.06. The molecule has 4 nitrogen and oxygen atoms in total. The maximum absolute atomic E-state index is 12.4. The van der Waals surface area contributed by atoms with Crippen molar-refractivity contribution in [3.63, 3.8) is 0 Å². The maximum Gasteiger partial charge on any atom is 0.327 e. The Morgan fingerprint density at radius 2 is 1.76 bits per heavy atom. The zero-order valence-electron chi connectivity index (χ0n) is 14.0. The number of ether oxygens (including phenoxy) is 1. The molecule has 0 aliphatic heterocycles. The lowest BCUT2D eigenvalue weighted by molar-refractivity contribution is -0.151. The highest BCUT2D eigenvalue weighted by Gasteiger charge is 2.38. The van der Waals surface area contributed by atoms with E-state index in [1.807, 2.05) is 13.8 Å². The summed E-state index contributed by atoms with van der Waals surface area (Å²) in [6.45, 7) is 10.4. The predicted molar refractivity (Wildman–Crippen MR) is 85.2 cm³/mol. The molecule has 0 aromatic heterocycles. The zero-order chi connectivity index (χ0) is 15.3. The Balaban J connectivity index is 1.95. The molecule has 2 saturated carbocycles. The molecular weight excluding hydrogens is 264 g/mol. The minimum atomic E-state index is -0.574. The Morgan fingerprint density at radius 1 is 1.19 bits per heavy atom. The summed E-state index contributed by atoms with van der Waals surface area (Å²) in [5.74, 6) is 1.62. The third-order valence-corrected chi connectivity index (χ3v) is 4.46. The molecule has 2 rings (SSSR count). The molecule has 0 amide bonds. The normalized spacial score (nSPS) is 21.3. The number of hydrogen-bond donors (Lipinski definition) is 1. The second kappa shape index (κ2) is 7.59. The zero-order valence-corrected chi connectivity index (χ0v) is 14.0. The quantitative estimate of drug-likeness (QED) is 0.595. The smallest absolute Gasteiger partial charge is 0.327 e. The Hall–Kier alpha value is -0.610. The molecule has 2 aliphatic carbocycles. The van der Waals surface area contributed by atoms with Crippen molar-refractivity contribution < 1.29 is 9.53 Å². The molecule has 0 spiro atoms. The molecule has 0 aromatic carbocycles. The number of hydrogen-bond acceptors (Lipinski definition) is 4. The van der Waals surface area contributed by atoms with Crippen LogP contribution in [0.1, 0.15) is 52.9 Å². The third kappa shape index (κ3) is 5.59. The van der Waals surface area contributed by atoms with Crippen LogP contribution in [0.25, 0.3) is 0 Å². The topological polar surface area (TPSA) is 41.6 Å². The summed E-state index contributed by atoms with van der Waals surface area (Å²) in [5.41, 5.74) is -0.574. The van der Waals surface area contributed by atoms with Crippen LogP contribution in [0, 0.1) is 11.8 Å². The molecule has 0 saturated heterocycles. The number of carbonyl (C=O) groups excluding carboxylic acids is 1. The van der Waals surface area contributed by atoms with Gasteiger partial charge in [0.2, 0.25) is 0 Å². The van der Waals surface area contributed by atoms with Crippen molar-refractivity contribution in [3.8, 4) is 0 Å². The molecule has 0 aromatic rings. The van der Waals surface area contributed by atoms with Gasteiger partial charge in [-0.15, -0.1) is 0 Å². The van der Waals surface area contributed by atoms with E-state index in [1.54, 1.807) is 0 Å². The summed E-state index contributed by atoms with van der Waals surface area (Å²) in [6, 6.07) is 0. The van der Waals surface area contributed by atoms with E-state index in [-0.39, 0.29) is 5.97 Å². The first-order chi connectivity index (χ1) is 10.1. The van der Waals surface area contributed by atoms with Gasteiger partial charge < -0.3 is 15.0 Å². The minimum absolute atomic E-state index is 0.102. The molecule has 0 bridgehead atoms.